The van der Waals surface area contributed by atoms with Crippen molar-refractivity contribution in [2.24, 2.45) is 0 Å². The van der Waals surface area contributed by atoms with Gasteiger partial charge in [-0.3, -0.25) is 14.3 Å². The molecule has 1 aliphatic rings. The van der Waals surface area contributed by atoms with E-state index in [2.05, 4.69) is 30.9 Å². The largest absolute Gasteiger partial charge is 0.379 e. The minimum absolute atomic E-state index is 0.0774. The SMILES string of the molecule is CC(C)Sc1nc2cc(-c3ccccc3)sc2c(=O)n1CCN1CCOCC1. The number of ether oxygens (including phenoxy) is 1. The Labute approximate surface area is 173 Å². The highest BCUT2D eigenvalue weighted by Crippen LogP contribution is 2.32. The summed E-state index contributed by atoms with van der Waals surface area (Å²) in [6.07, 6.45) is 0. The summed E-state index contributed by atoms with van der Waals surface area (Å²) in [7, 11) is 0. The van der Waals surface area contributed by atoms with Crippen molar-refractivity contribution in [3.8, 4) is 10.4 Å². The first kappa shape index (κ1) is 19.6. The lowest BCUT2D eigenvalue weighted by atomic mass is 10.2. The molecule has 0 atom stereocenters. The van der Waals surface area contributed by atoms with Crippen molar-refractivity contribution in [2.75, 3.05) is 32.8 Å². The van der Waals surface area contributed by atoms with Gasteiger partial charge < -0.3 is 4.74 Å². The van der Waals surface area contributed by atoms with Crippen LogP contribution in [0.25, 0.3) is 20.7 Å². The van der Waals surface area contributed by atoms with Crippen molar-refractivity contribution in [1.29, 1.82) is 0 Å². The average Bonchev–Trinajstić information content (AvgIpc) is 3.13. The highest BCUT2D eigenvalue weighted by Gasteiger charge is 2.18. The van der Waals surface area contributed by atoms with E-state index in [0.717, 1.165) is 58.7 Å². The second kappa shape index (κ2) is 8.78. The van der Waals surface area contributed by atoms with Gasteiger partial charge >= 0.3 is 0 Å². The molecule has 1 aliphatic heterocycles. The molecule has 3 aromatic rings. The minimum atomic E-state index is 0.0774. The highest BCUT2D eigenvalue weighted by atomic mass is 32.2. The number of thioether (sulfide) groups is 1. The fourth-order valence-corrected chi connectivity index (χ4v) is 5.22. The maximum Gasteiger partial charge on any atom is 0.272 e. The van der Waals surface area contributed by atoms with Crippen LogP contribution < -0.4 is 5.56 Å². The Morgan fingerprint density at radius 2 is 1.93 bits per heavy atom. The molecule has 1 fully saturated rings. The smallest absolute Gasteiger partial charge is 0.272 e. The normalized spacial score (nSPS) is 15.5. The molecule has 0 bridgehead atoms. The Kier molecular flexibility index (Phi) is 6.16. The van der Waals surface area contributed by atoms with Gasteiger partial charge in [-0.05, 0) is 11.6 Å². The third-order valence-corrected chi connectivity index (χ3v) is 6.90. The van der Waals surface area contributed by atoms with Crippen molar-refractivity contribution in [1.82, 2.24) is 14.5 Å². The zero-order valence-electron chi connectivity index (χ0n) is 16.3. The van der Waals surface area contributed by atoms with Crippen LogP contribution in [0.15, 0.2) is 46.3 Å². The standard InChI is InChI=1S/C21H25N3O2S2/c1-15(2)27-21-22-17-14-18(16-6-4-3-5-7-16)28-19(17)20(25)24(21)9-8-23-10-12-26-13-11-23/h3-7,14-15H,8-13H2,1-2H3. The summed E-state index contributed by atoms with van der Waals surface area (Å²) in [6.45, 7) is 9.17. The van der Waals surface area contributed by atoms with Crippen LogP contribution in [0.3, 0.4) is 0 Å². The molecule has 0 N–H and O–H groups in total. The molecule has 7 heteroatoms. The molecule has 2 aromatic heterocycles. The van der Waals surface area contributed by atoms with Crippen LogP contribution in [-0.2, 0) is 11.3 Å². The van der Waals surface area contributed by atoms with E-state index in [9.17, 15) is 4.79 Å². The lowest BCUT2D eigenvalue weighted by Gasteiger charge is -2.27. The van der Waals surface area contributed by atoms with Crippen LogP contribution >= 0.6 is 23.1 Å². The van der Waals surface area contributed by atoms with Gasteiger partial charge in [0.25, 0.3) is 5.56 Å². The summed E-state index contributed by atoms with van der Waals surface area (Å²) >= 11 is 3.20. The molecular formula is C21H25N3O2S2. The maximum atomic E-state index is 13.3. The Balaban J connectivity index is 1.71. The first-order valence-corrected chi connectivity index (χ1v) is 11.4. The van der Waals surface area contributed by atoms with Gasteiger partial charge in [-0.2, -0.15) is 0 Å². The zero-order valence-corrected chi connectivity index (χ0v) is 17.9. The maximum absolute atomic E-state index is 13.3. The van der Waals surface area contributed by atoms with E-state index in [1.54, 1.807) is 23.1 Å². The van der Waals surface area contributed by atoms with Crippen LogP contribution in [0, 0.1) is 0 Å². The van der Waals surface area contributed by atoms with Gasteiger partial charge in [-0.25, -0.2) is 4.98 Å². The van der Waals surface area contributed by atoms with E-state index in [-0.39, 0.29) is 5.56 Å². The molecule has 0 aliphatic carbocycles. The van der Waals surface area contributed by atoms with E-state index in [1.165, 1.54) is 0 Å². The number of thiophene rings is 1. The van der Waals surface area contributed by atoms with Crippen LogP contribution in [0.2, 0.25) is 0 Å². The van der Waals surface area contributed by atoms with Crippen molar-refractivity contribution in [3.63, 3.8) is 0 Å². The third kappa shape index (κ3) is 4.33. The quantitative estimate of drug-likeness (QED) is 0.451. The molecule has 0 saturated carbocycles. The van der Waals surface area contributed by atoms with E-state index in [1.807, 2.05) is 28.8 Å². The van der Waals surface area contributed by atoms with E-state index >= 15 is 0 Å². The van der Waals surface area contributed by atoms with Gasteiger partial charge in [-0.1, -0.05) is 55.9 Å². The van der Waals surface area contributed by atoms with Crippen LogP contribution in [0.1, 0.15) is 13.8 Å². The van der Waals surface area contributed by atoms with Gasteiger partial charge in [0.2, 0.25) is 0 Å². The second-order valence-electron chi connectivity index (χ2n) is 7.16. The van der Waals surface area contributed by atoms with E-state index in [4.69, 9.17) is 9.72 Å². The van der Waals surface area contributed by atoms with E-state index < -0.39 is 0 Å². The van der Waals surface area contributed by atoms with Gasteiger partial charge in [0, 0.05) is 36.3 Å². The topological polar surface area (TPSA) is 47.4 Å². The van der Waals surface area contributed by atoms with Crippen LogP contribution in [0.4, 0.5) is 0 Å². The first-order chi connectivity index (χ1) is 13.6. The van der Waals surface area contributed by atoms with E-state index in [0.29, 0.717) is 11.8 Å². The van der Waals surface area contributed by atoms with Crippen molar-refractivity contribution in [3.05, 3.63) is 46.8 Å². The summed E-state index contributed by atoms with van der Waals surface area (Å²) in [6, 6.07) is 12.2. The molecule has 148 valence electrons. The predicted octanol–water partition coefficient (Wildman–Crippen LogP) is 3.96. The lowest BCUT2D eigenvalue weighted by Crippen LogP contribution is -2.39. The molecule has 5 nitrogen and oxygen atoms in total. The zero-order chi connectivity index (χ0) is 19.5. The molecule has 0 amide bonds. The van der Waals surface area contributed by atoms with Gasteiger partial charge in [-0.15, -0.1) is 11.3 Å². The number of aromatic nitrogens is 2. The minimum Gasteiger partial charge on any atom is -0.379 e. The fourth-order valence-electron chi connectivity index (χ4n) is 3.30. The van der Waals surface area contributed by atoms with Crippen molar-refractivity contribution < 1.29 is 4.74 Å². The number of morpholine rings is 1. The molecular weight excluding hydrogens is 390 g/mol. The number of hydrogen-bond acceptors (Lipinski definition) is 6. The Morgan fingerprint density at radius 3 is 2.64 bits per heavy atom. The number of benzene rings is 1. The Hall–Kier alpha value is -1.67. The summed E-state index contributed by atoms with van der Waals surface area (Å²) in [5, 5.41) is 1.18. The Bertz CT molecular complexity index is 992. The predicted molar refractivity (Wildman–Crippen MR) is 118 cm³/mol. The van der Waals surface area contributed by atoms with Crippen molar-refractivity contribution >= 4 is 33.3 Å². The van der Waals surface area contributed by atoms with Crippen molar-refractivity contribution in [2.45, 2.75) is 30.8 Å². The average molecular weight is 416 g/mol. The number of nitrogens with zero attached hydrogens (tertiary/aromatic N) is 3. The second-order valence-corrected chi connectivity index (χ2v) is 9.76. The van der Waals surface area contributed by atoms with Crippen LogP contribution in [0.5, 0.6) is 0 Å². The molecule has 3 heterocycles. The fraction of sp³-hybridized carbons (Fsp3) is 0.429. The number of hydrogen-bond donors (Lipinski definition) is 0. The number of fused-ring (bicyclic) bond motifs is 1. The van der Waals surface area contributed by atoms with Gasteiger partial charge in [0.15, 0.2) is 5.16 Å². The summed E-state index contributed by atoms with van der Waals surface area (Å²) in [4.78, 5) is 21.6. The summed E-state index contributed by atoms with van der Waals surface area (Å²) in [5.74, 6) is 0. The molecule has 1 saturated heterocycles. The molecule has 4 rings (SSSR count). The third-order valence-electron chi connectivity index (χ3n) is 4.74. The summed E-state index contributed by atoms with van der Waals surface area (Å²) < 4.78 is 8.04. The molecule has 28 heavy (non-hydrogen) atoms. The molecule has 0 unspecified atom stereocenters. The molecule has 0 radical (unpaired) electrons. The van der Waals surface area contributed by atoms with Gasteiger partial charge in [0.05, 0.1) is 18.7 Å². The van der Waals surface area contributed by atoms with Crippen LogP contribution in [-0.4, -0.2) is 52.5 Å². The highest BCUT2D eigenvalue weighted by molar-refractivity contribution is 7.99. The summed E-state index contributed by atoms with van der Waals surface area (Å²) in [5.41, 5.74) is 2.01. The van der Waals surface area contributed by atoms with Gasteiger partial charge in [0.1, 0.15) is 4.70 Å². The lowest BCUT2D eigenvalue weighted by molar-refractivity contribution is 0.0359. The Morgan fingerprint density at radius 1 is 1.18 bits per heavy atom. The molecule has 0 spiro atoms. The monoisotopic (exact) mass is 415 g/mol. The molecule has 1 aromatic carbocycles. The first-order valence-electron chi connectivity index (χ1n) is 9.68. The number of rotatable bonds is 6.